The Balaban J connectivity index is 2.14. The first-order valence-corrected chi connectivity index (χ1v) is 11.7. The number of benzene rings is 1. The Morgan fingerprint density at radius 3 is 2.31 bits per heavy atom. The van der Waals surface area contributed by atoms with Crippen LogP contribution in [0.4, 0.5) is 0 Å². The number of carbonyl (C=O) groups is 4. The predicted molar refractivity (Wildman–Crippen MR) is 126 cm³/mol. The van der Waals surface area contributed by atoms with Crippen LogP contribution in [-0.2, 0) is 25.6 Å². The van der Waals surface area contributed by atoms with Gasteiger partial charge >= 0.3 is 5.97 Å². The van der Waals surface area contributed by atoms with Gasteiger partial charge in [0.15, 0.2) is 0 Å². The van der Waals surface area contributed by atoms with Gasteiger partial charge < -0.3 is 42.3 Å². The maximum Gasteiger partial charge on any atom is 0.326 e. The number of carboxylic acid groups (broad SMARTS) is 1. The first-order valence-electron chi connectivity index (χ1n) is 11.7. The third-order valence-corrected chi connectivity index (χ3v) is 5.93. The fourth-order valence-corrected chi connectivity index (χ4v) is 3.94. The second-order valence-electron chi connectivity index (χ2n) is 8.59. The van der Waals surface area contributed by atoms with E-state index in [0.717, 1.165) is 0 Å². The molecule has 0 saturated carbocycles. The molecule has 0 spiro atoms. The Kier molecular flexibility index (Phi) is 10.9. The Hall–Kier alpha value is -3.22. The minimum Gasteiger partial charge on any atom is -0.508 e. The summed E-state index contributed by atoms with van der Waals surface area (Å²) in [7, 11) is 0. The molecule has 1 aromatic carbocycles. The van der Waals surface area contributed by atoms with Gasteiger partial charge in [-0.25, -0.2) is 4.79 Å². The molecule has 4 unspecified atom stereocenters. The SMILES string of the molecule is NCCCCC(N)C(=O)NC(CO)C(=O)NC(Cc1ccc(O)cc1)C(=O)N1CCCC1C(=O)O. The maximum atomic E-state index is 13.3. The topological polar surface area (TPSA) is 208 Å². The van der Waals surface area contributed by atoms with Crippen molar-refractivity contribution >= 4 is 23.7 Å². The third kappa shape index (κ3) is 8.19. The Morgan fingerprint density at radius 2 is 1.71 bits per heavy atom. The van der Waals surface area contributed by atoms with Gasteiger partial charge in [-0.3, -0.25) is 14.4 Å². The van der Waals surface area contributed by atoms with Crippen molar-refractivity contribution in [1.82, 2.24) is 15.5 Å². The number of likely N-dealkylation sites (tertiary alicyclic amines) is 1. The molecule has 2 rings (SSSR count). The molecule has 1 saturated heterocycles. The van der Waals surface area contributed by atoms with Gasteiger partial charge in [0.2, 0.25) is 17.7 Å². The van der Waals surface area contributed by atoms with E-state index in [9.17, 15) is 34.5 Å². The lowest BCUT2D eigenvalue weighted by molar-refractivity contribution is -0.149. The number of carboxylic acids is 1. The minimum absolute atomic E-state index is 0.0123. The molecule has 0 radical (unpaired) electrons. The number of phenols is 1. The molecule has 35 heavy (non-hydrogen) atoms. The summed E-state index contributed by atoms with van der Waals surface area (Å²) < 4.78 is 0. The third-order valence-electron chi connectivity index (χ3n) is 5.93. The largest absolute Gasteiger partial charge is 0.508 e. The van der Waals surface area contributed by atoms with Crippen molar-refractivity contribution in [2.75, 3.05) is 19.7 Å². The number of phenolic OH excluding ortho intramolecular Hbond substituents is 1. The molecule has 0 bridgehead atoms. The van der Waals surface area contributed by atoms with Crippen LogP contribution in [0.1, 0.15) is 37.7 Å². The first kappa shape index (κ1) is 28.0. The lowest BCUT2D eigenvalue weighted by atomic mass is 10.0. The van der Waals surface area contributed by atoms with E-state index < -0.39 is 54.5 Å². The number of rotatable bonds is 13. The summed E-state index contributed by atoms with van der Waals surface area (Å²) in [6.45, 7) is -0.0313. The number of nitrogens with two attached hydrogens (primary N) is 2. The van der Waals surface area contributed by atoms with E-state index in [0.29, 0.717) is 44.2 Å². The predicted octanol–water partition coefficient (Wildman–Crippen LogP) is -1.57. The zero-order valence-electron chi connectivity index (χ0n) is 19.6. The summed E-state index contributed by atoms with van der Waals surface area (Å²) >= 11 is 0. The highest BCUT2D eigenvalue weighted by molar-refractivity contribution is 5.94. The van der Waals surface area contributed by atoms with Crippen LogP contribution < -0.4 is 22.1 Å². The monoisotopic (exact) mass is 493 g/mol. The van der Waals surface area contributed by atoms with E-state index in [1.54, 1.807) is 12.1 Å². The van der Waals surface area contributed by atoms with E-state index in [1.807, 2.05) is 0 Å². The van der Waals surface area contributed by atoms with E-state index >= 15 is 0 Å². The van der Waals surface area contributed by atoms with Crippen LogP contribution in [0.2, 0.25) is 0 Å². The van der Waals surface area contributed by atoms with Crippen molar-refractivity contribution in [1.29, 1.82) is 0 Å². The van der Waals surface area contributed by atoms with Gasteiger partial charge in [0, 0.05) is 13.0 Å². The lowest BCUT2D eigenvalue weighted by Crippen LogP contribution is -2.58. The lowest BCUT2D eigenvalue weighted by Gasteiger charge is -2.28. The molecule has 1 fully saturated rings. The second-order valence-corrected chi connectivity index (χ2v) is 8.59. The van der Waals surface area contributed by atoms with Gasteiger partial charge in [0.1, 0.15) is 23.9 Å². The molecule has 3 amide bonds. The van der Waals surface area contributed by atoms with Gasteiger partial charge in [0.05, 0.1) is 12.6 Å². The van der Waals surface area contributed by atoms with Crippen LogP contribution in [0.5, 0.6) is 5.75 Å². The number of nitrogens with one attached hydrogen (secondary N) is 2. The maximum absolute atomic E-state index is 13.3. The van der Waals surface area contributed by atoms with Crippen molar-refractivity contribution in [2.24, 2.45) is 11.5 Å². The summed E-state index contributed by atoms with van der Waals surface area (Å²) in [6, 6.07) is 1.61. The highest BCUT2D eigenvalue weighted by Gasteiger charge is 2.38. The molecular weight excluding hydrogens is 458 g/mol. The van der Waals surface area contributed by atoms with Crippen molar-refractivity contribution in [3.05, 3.63) is 29.8 Å². The molecule has 12 nitrogen and oxygen atoms in total. The first-order chi connectivity index (χ1) is 16.7. The number of aromatic hydroxyl groups is 1. The van der Waals surface area contributed by atoms with Crippen LogP contribution in [0.15, 0.2) is 24.3 Å². The van der Waals surface area contributed by atoms with Crippen molar-refractivity contribution in [3.8, 4) is 5.75 Å². The van der Waals surface area contributed by atoms with E-state index in [-0.39, 0.29) is 18.7 Å². The fourth-order valence-electron chi connectivity index (χ4n) is 3.94. The number of aliphatic carboxylic acids is 1. The minimum atomic E-state index is -1.35. The van der Waals surface area contributed by atoms with E-state index in [2.05, 4.69) is 10.6 Å². The van der Waals surface area contributed by atoms with Crippen molar-refractivity contribution in [2.45, 2.75) is 62.7 Å². The summed E-state index contributed by atoms with van der Waals surface area (Å²) in [5.74, 6) is -3.12. The number of carbonyl (C=O) groups excluding carboxylic acids is 3. The molecule has 1 heterocycles. The normalized spacial score (nSPS) is 17.9. The zero-order chi connectivity index (χ0) is 26.0. The molecule has 1 aliphatic rings. The molecule has 12 heteroatoms. The molecule has 0 aromatic heterocycles. The molecule has 4 atom stereocenters. The summed E-state index contributed by atoms with van der Waals surface area (Å²) in [6.07, 6.45) is 2.51. The average molecular weight is 494 g/mol. The van der Waals surface area contributed by atoms with Crippen LogP contribution in [-0.4, -0.2) is 87.8 Å². The van der Waals surface area contributed by atoms with Gasteiger partial charge in [-0.15, -0.1) is 0 Å². The zero-order valence-corrected chi connectivity index (χ0v) is 19.6. The van der Waals surface area contributed by atoms with Gasteiger partial charge in [-0.05, 0) is 49.9 Å². The standard InChI is InChI=1S/C23H35N5O7/c24-10-2-1-4-16(25)20(31)27-18(13-29)21(32)26-17(12-14-6-8-15(30)9-7-14)22(33)28-11-3-5-19(28)23(34)35/h6-9,16-19,29-30H,1-5,10-13,24-25H2,(H,26,32)(H,27,31)(H,34,35). The van der Waals surface area contributed by atoms with Gasteiger partial charge in [0.25, 0.3) is 0 Å². The quantitative estimate of drug-likeness (QED) is 0.158. The summed E-state index contributed by atoms with van der Waals surface area (Å²) in [5, 5.41) is 33.6. The highest BCUT2D eigenvalue weighted by atomic mass is 16.4. The van der Waals surface area contributed by atoms with E-state index in [4.69, 9.17) is 11.5 Å². The number of amides is 3. The summed E-state index contributed by atoms with van der Waals surface area (Å²) in [4.78, 5) is 51.3. The summed E-state index contributed by atoms with van der Waals surface area (Å²) in [5.41, 5.74) is 11.9. The van der Waals surface area contributed by atoms with Crippen LogP contribution in [0.25, 0.3) is 0 Å². The number of aliphatic hydroxyl groups excluding tert-OH is 1. The number of hydrogen-bond acceptors (Lipinski definition) is 8. The van der Waals surface area contributed by atoms with Crippen LogP contribution in [0, 0.1) is 0 Å². The van der Waals surface area contributed by atoms with E-state index in [1.165, 1.54) is 17.0 Å². The van der Waals surface area contributed by atoms with Crippen molar-refractivity contribution in [3.63, 3.8) is 0 Å². The second kappa shape index (κ2) is 13.6. The Labute approximate surface area is 203 Å². The Bertz CT molecular complexity index is 880. The van der Waals surface area contributed by atoms with Gasteiger partial charge in [-0.1, -0.05) is 18.6 Å². The molecule has 0 aliphatic carbocycles. The molecule has 1 aromatic rings. The van der Waals surface area contributed by atoms with Crippen LogP contribution in [0.3, 0.4) is 0 Å². The smallest absolute Gasteiger partial charge is 0.326 e. The molecular formula is C23H35N5O7. The highest BCUT2D eigenvalue weighted by Crippen LogP contribution is 2.20. The molecule has 1 aliphatic heterocycles. The fraction of sp³-hybridized carbons (Fsp3) is 0.565. The Morgan fingerprint density at radius 1 is 1.06 bits per heavy atom. The van der Waals surface area contributed by atoms with Crippen molar-refractivity contribution < 1.29 is 34.5 Å². The number of unbranched alkanes of at least 4 members (excludes halogenated alkanes) is 1. The number of hydrogen-bond donors (Lipinski definition) is 7. The molecule has 194 valence electrons. The van der Waals surface area contributed by atoms with Gasteiger partial charge in [-0.2, -0.15) is 0 Å². The molecule has 9 N–H and O–H groups in total. The number of aliphatic hydroxyl groups is 1. The van der Waals surface area contributed by atoms with Crippen LogP contribution >= 0.6 is 0 Å². The number of nitrogens with zero attached hydrogens (tertiary/aromatic N) is 1. The average Bonchev–Trinajstić information content (AvgIpc) is 3.33.